The molecule has 0 aliphatic heterocycles. The fourth-order valence-electron chi connectivity index (χ4n) is 2.23. The molecule has 2 aromatic rings. The Morgan fingerprint density at radius 1 is 0.944 bits per heavy atom. The van der Waals surface area contributed by atoms with E-state index in [-0.39, 0.29) is 10.9 Å². The number of ketones is 1. The third kappa shape index (κ3) is 1.68. The summed E-state index contributed by atoms with van der Waals surface area (Å²) in [4.78, 5) is 24.1. The van der Waals surface area contributed by atoms with Gasteiger partial charge in [0.1, 0.15) is 0 Å². The van der Waals surface area contributed by atoms with E-state index in [0.717, 1.165) is 27.1 Å². The molecule has 88 valence electrons. The first kappa shape index (κ1) is 11.2. The molecule has 0 unspecified atom stereocenters. The number of carbonyl (C=O) groups is 2. The molecule has 1 aliphatic rings. The SMILES string of the molecule is CC(=O)Sc1ccc2c(c1)-c1ccccc1C2=O. The molecule has 0 spiro atoms. The van der Waals surface area contributed by atoms with Crippen LogP contribution in [0, 0.1) is 0 Å². The van der Waals surface area contributed by atoms with Gasteiger partial charge in [-0.05, 0) is 29.3 Å². The summed E-state index contributed by atoms with van der Waals surface area (Å²) in [6.07, 6.45) is 0. The number of hydrogen-bond donors (Lipinski definition) is 0. The maximum atomic E-state index is 12.1. The lowest BCUT2D eigenvalue weighted by molar-refractivity contribution is -0.109. The molecule has 3 rings (SSSR count). The summed E-state index contributed by atoms with van der Waals surface area (Å²) < 4.78 is 0. The number of benzene rings is 2. The van der Waals surface area contributed by atoms with Gasteiger partial charge in [0.2, 0.25) is 0 Å². The van der Waals surface area contributed by atoms with Gasteiger partial charge in [0, 0.05) is 22.9 Å². The van der Waals surface area contributed by atoms with Crippen molar-refractivity contribution >= 4 is 22.7 Å². The Kier molecular flexibility index (Phi) is 2.56. The van der Waals surface area contributed by atoms with Crippen molar-refractivity contribution in [1.82, 2.24) is 0 Å². The Morgan fingerprint density at radius 2 is 1.61 bits per heavy atom. The second-order valence-electron chi connectivity index (χ2n) is 4.18. The Hall–Kier alpha value is -1.87. The minimum Gasteiger partial charge on any atom is -0.289 e. The van der Waals surface area contributed by atoms with Crippen LogP contribution in [-0.2, 0) is 4.79 Å². The van der Waals surface area contributed by atoms with Crippen molar-refractivity contribution in [1.29, 1.82) is 0 Å². The Balaban J connectivity index is 2.17. The zero-order valence-corrected chi connectivity index (χ0v) is 10.6. The van der Waals surface area contributed by atoms with Crippen LogP contribution in [0.3, 0.4) is 0 Å². The van der Waals surface area contributed by atoms with Gasteiger partial charge in [-0.1, -0.05) is 36.0 Å². The molecule has 0 N–H and O–H groups in total. The predicted molar refractivity (Wildman–Crippen MR) is 71.8 cm³/mol. The fraction of sp³-hybridized carbons (Fsp3) is 0.0667. The van der Waals surface area contributed by atoms with E-state index < -0.39 is 0 Å². The first-order valence-electron chi connectivity index (χ1n) is 5.63. The zero-order chi connectivity index (χ0) is 12.7. The largest absolute Gasteiger partial charge is 0.289 e. The highest BCUT2D eigenvalue weighted by Gasteiger charge is 2.26. The monoisotopic (exact) mass is 254 g/mol. The van der Waals surface area contributed by atoms with Crippen molar-refractivity contribution in [2.75, 3.05) is 0 Å². The molecule has 0 saturated heterocycles. The highest BCUT2D eigenvalue weighted by Crippen LogP contribution is 2.38. The molecule has 2 nitrogen and oxygen atoms in total. The minimum absolute atomic E-state index is 0.0487. The van der Waals surface area contributed by atoms with E-state index in [9.17, 15) is 9.59 Å². The van der Waals surface area contributed by atoms with Crippen LogP contribution in [-0.4, -0.2) is 10.9 Å². The molecule has 3 heteroatoms. The molecule has 0 radical (unpaired) electrons. The standard InChI is InChI=1S/C15H10O2S/c1-9(16)18-10-6-7-13-14(8-10)11-4-2-3-5-12(11)15(13)17/h2-8H,1H3. The van der Waals surface area contributed by atoms with Gasteiger partial charge in [-0.3, -0.25) is 9.59 Å². The van der Waals surface area contributed by atoms with E-state index in [1.54, 1.807) is 0 Å². The summed E-state index contributed by atoms with van der Waals surface area (Å²) in [5.74, 6) is 0.0694. The van der Waals surface area contributed by atoms with Crippen molar-refractivity contribution in [2.45, 2.75) is 11.8 Å². The maximum Gasteiger partial charge on any atom is 0.194 e. The number of carbonyl (C=O) groups excluding carboxylic acids is 2. The lowest BCUT2D eigenvalue weighted by Gasteiger charge is -2.02. The van der Waals surface area contributed by atoms with E-state index in [1.165, 1.54) is 18.7 Å². The first-order chi connectivity index (χ1) is 8.66. The normalized spacial score (nSPS) is 12.2. The number of fused-ring (bicyclic) bond motifs is 3. The Morgan fingerprint density at radius 3 is 2.33 bits per heavy atom. The van der Waals surface area contributed by atoms with Gasteiger partial charge in [0.05, 0.1) is 0 Å². The van der Waals surface area contributed by atoms with E-state index in [1.807, 2.05) is 42.5 Å². The van der Waals surface area contributed by atoms with Gasteiger partial charge < -0.3 is 0 Å². The molecule has 0 amide bonds. The summed E-state index contributed by atoms with van der Waals surface area (Å²) in [5.41, 5.74) is 3.37. The fourth-order valence-corrected chi connectivity index (χ4v) is 2.88. The topological polar surface area (TPSA) is 34.1 Å². The number of hydrogen-bond acceptors (Lipinski definition) is 3. The molecule has 18 heavy (non-hydrogen) atoms. The molecule has 0 fully saturated rings. The first-order valence-corrected chi connectivity index (χ1v) is 6.45. The quantitative estimate of drug-likeness (QED) is 0.623. The highest BCUT2D eigenvalue weighted by atomic mass is 32.2. The third-order valence-corrected chi connectivity index (χ3v) is 3.74. The molecule has 2 aromatic carbocycles. The molecular formula is C15H10O2S. The van der Waals surface area contributed by atoms with Crippen LogP contribution in [0.5, 0.6) is 0 Å². The van der Waals surface area contributed by atoms with Crippen LogP contribution in [0.1, 0.15) is 22.8 Å². The van der Waals surface area contributed by atoms with Crippen molar-refractivity contribution in [3.8, 4) is 11.1 Å². The Labute approximate surface area is 109 Å². The van der Waals surface area contributed by atoms with Crippen molar-refractivity contribution in [2.24, 2.45) is 0 Å². The lowest BCUT2D eigenvalue weighted by Crippen LogP contribution is -1.94. The molecule has 0 atom stereocenters. The van der Waals surface area contributed by atoms with Gasteiger partial charge in [-0.15, -0.1) is 0 Å². The third-order valence-electron chi connectivity index (χ3n) is 2.96. The Bertz CT molecular complexity index is 674. The van der Waals surface area contributed by atoms with Gasteiger partial charge in [-0.25, -0.2) is 0 Å². The average Bonchev–Trinajstić information content (AvgIpc) is 2.63. The molecule has 0 bridgehead atoms. The van der Waals surface area contributed by atoms with Crippen LogP contribution < -0.4 is 0 Å². The molecule has 1 aliphatic carbocycles. The number of thioether (sulfide) groups is 1. The van der Waals surface area contributed by atoms with Crippen LogP contribution in [0.15, 0.2) is 47.4 Å². The van der Waals surface area contributed by atoms with Crippen molar-refractivity contribution < 1.29 is 9.59 Å². The highest BCUT2D eigenvalue weighted by molar-refractivity contribution is 8.13. The maximum absolute atomic E-state index is 12.1. The van der Waals surface area contributed by atoms with Gasteiger partial charge in [0.15, 0.2) is 10.9 Å². The van der Waals surface area contributed by atoms with E-state index in [4.69, 9.17) is 0 Å². The van der Waals surface area contributed by atoms with E-state index >= 15 is 0 Å². The van der Waals surface area contributed by atoms with Gasteiger partial charge in [0.25, 0.3) is 0 Å². The summed E-state index contributed by atoms with van der Waals surface area (Å²) in [6, 6.07) is 13.1. The van der Waals surface area contributed by atoms with Crippen LogP contribution in [0.25, 0.3) is 11.1 Å². The summed E-state index contributed by atoms with van der Waals surface area (Å²) >= 11 is 1.19. The molecular weight excluding hydrogens is 244 g/mol. The molecule has 0 aromatic heterocycles. The second-order valence-corrected chi connectivity index (χ2v) is 5.43. The summed E-state index contributed by atoms with van der Waals surface area (Å²) in [7, 11) is 0. The van der Waals surface area contributed by atoms with E-state index in [2.05, 4.69) is 0 Å². The lowest BCUT2D eigenvalue weighted by atomic mass is 10.1. The van der Waals surface area contributed by atoms with Crippen molar-refractivity contribution in [3.63, 3.8) is 0 Å². The number of rotatable bonds is 1. The minimum atomic E-state index is 0.0487. The summed E-state index contributed by atoms with van der Waals surface area (Å²) in [5, 5.41) is 0.0487. The molecule has 0 heterocycles. The molecule has 0 saturated carbocycles. The smallest absolute Gasteiger partial charge is 0.194 e. The predicted octanol–water partition coefficient (Wildman–Crippen LogP) is 3.54. The van der Waals surface area contributed by atoms with Crippen LogP contribution >= 0.6 is 11.8 Å². The van der Waals surface area contributed by atoms with Gasteiger partial charge >= 0.3 is 0 Å². The zero-order valence-electron chi connectivity index (χ0n) is 9.77. The second kappa shape index (κ2) is 4.10. The van der Waals surface area contributed by atoms with Gasteiger partial charge in [-0.2, -0.15) is 0 Å². The average molecular weight is 254 g/mol. The van der Waals surface area contributed by atoms with Crippen LogP contribution in [0.4, 0.5) is 0 Å². The summed E-state index contributed by atoms with van der Waals surface area (Å²) in [6.45, 7) is 1.54. The van der Waals surface area contributed by atoms with Crippen LogP contribution in [0.2, 0.25) is 0 Å². The van der Waals surface area contributed by atoms with E-state index in [0.29, 0.717) is 0 Å². The van der Waals surface area contributed by atoms with Crippen molar-refractivity contribution in [3.05, 3.63) is 53.6 Å².